The van der Waals surface area contributed by atoms with E-state index in [0.29, 0.717) is 10.8 Å². The summed E-state index contributed by atoms with van der Waals surface area (Å²) in [5.74, 6) is 2.21. The molecule has 0 aromatic heterocycles. The molecule has 0 bridgehead atoms. The molecule has 0 aliphatic carbocycles. The van der Waals surface area contributed by atoms with Gasteiger partial charge in [0.25, 0.3) is 0 Å². The Morgan fingerprint density at radius 3 is 2.53 bits per heavy atom. The fourth-order valence-electron chi connectivity index (χ4n) is 2.56. The summed E-state index contributed by atoms with van der Waals surface area (Å²) >= 11 is 2.17. The second-order valence-corrected chi connectivity index (χ2v) is 7.06. The molecule has 0 spiro atoms. The summed E-state index contributed by atoms with van der Waals surface area (Å²) in [5, 5.41) is 3.54. The average molecular weight is 229 g/mol. The minimum absolute atomic E-state index is 0.506. The Labute approximate surface area is 99.8 Å². The Balaban J connectivity index is 2.34. The molecule has 0 aromatic carbocycles. The van der Waals surface area contributed by atoms with Crippen LogP contribution in [0.5, 0.6) is 0 Å². The molecule has 2 atom stereocenters. The number of hydrogen-bond acceptors (Lipinski definition) is 2. The largest absolute Gasteiger partial charge is 0.316 e. The van der Waals surface area contributed by atoms with Crippen molar-refractivity contribution in [2.75, 3.05) is 12.8 Å². The lowest BCUT2D eigenvalue weighted by Gasteiger charge is -2.33. The van der Waals surface area contributed by atoms with Crippen molar-refractivity contribution in [3.8, 4) is 0 Å². The van der Waals surface area contributed by atoms with Crippen LogP contribution in [0.15, 0.2) is 0 Å². The Hall–Kier alpha value is 0.310. The SMILES string of the molecule is CNC(CCCC(C)C)C1(C)CCCS1. The highest BCUT2D eigenvalue weighted by molar-refractivity contribution is 8.00. The minimum atomic E-state index is 0.506. The summed E-state index contributed by atoms with van der Waals surface area (Å²) in [5.41, 5.74) is 0. The van der Waals surface area contributed by atoms with Gasteiger partial charge in [-0.15, -0.1) is 0 Å². The fraction of sp³-hybridized carbons (Fsp3) is 1.00. The first-order valence-corrected chi connectivity index (χ1v) is 7.38. The number of rotatable bonds is 6. The molecule has 90 valence electrons. The fourth-order valence-corrected chi connectivity index (χ4v) is 4.04. The highest BCUT2D eigenvalue weighted by Crippen LogP contribution is 2.41. The molecule has 0 saturated carbocycles. The third-order valence-electron chi connectivity index (χ3n) is 3.61. The van der Waals surface area contributed by atoms with Gasteiger partial charge in [-0.05, 0) is 44.9 Å². The zero-order valence-electron chi connectivity index (χ0n) is 10.8. The maximum atomic E-state index is 3.54. The van der Waals surface area contributed by atoms with Gasteiger partial charge in [-0.25, -0.2) is 0 Å². The zero-order valence-corrected chi connectivity index (χ0v) is 11.6. The zero-order chi connectivity index (χ0) is 11.3. The van der Waals surface area contributed by atoms with Gasteiger partial charge >= 0.3 is 0 Å². The maximum Gasteiger partial charge on any atom is 0.0285 e. The molecule has 2 unspecified atom stereocenters. The Bertz CT molecular complexity index is 173. The first-order chi connectivity index (χ1) is 7.08. The van der Waals surface area contributed by atoms with Gasteiger partial charge in [-0.2, -0.15) is 11.8 Å². The van der Waals surface area contributed by atoms with E-state index in [1.165, 1.54) is 37.9 Å². The van der Waals surface area contributed by atoms with Crippen molar-refractivity contribution in [2.24, 2.45) is 5.92 Å². The smallest absolute Gasteiger partial charge is 0.0285 e. The van der Waals surface area contributed by atoms with Gasteiger partial charge in [0.2, 0.25) is 0 Å². The Kier molecular flexibility index (Phi) is 5.48. The van der Waals surface area contributed by atoms with Gasteiger partial charge in [-0.1, -0.05) is 26.7 Å². The number of thioether (sulfide) groups is 1. The van der Waals surface area contributed by atoms with E-state index in [9.17, 15) is 0 Å². The molecule has 0 radical (unpaired) electrons. The van der Waals surface area contributed by atoms with E-state index in [1.807, 2.05) is 0 Å². The molecular formula is C13H27NS. The summed E-state index contributed by atoms with van der Waals surface area (Å²) < 4.78 is 0.506. The van der Waals surface area contributed by atoms with Crippen molar-refractivity contribution >= 4 is 11.8 Å². The van der Waals surface area contributed by atoms with Gasteiger partial charge in [-0.3, -0.25) is 0 Å². The highest BCUT2D eigenvalue weighted by atomic mass is 32.2. The molecule has 1 aliphatic rings. The molecule has 0 aromatic rings. The van der Waals surface area contributed by atoms with Crippen molar-refractivity contribution in [1.29, 1.82) is 0 Å². The van der Waals surface area contributed by atoms with Crippen LogP contribution in [0.1, 0.15) is 52.9 Å². The second kappa shape index (κ2) is 6.15. The standard InChI is InChI=1S/C13H27NS/c1-11(2)7-5-8-12(14-4)13(3)9-6-10-15-13/h11-12,14H,5-10H2,1-4H3. The first-order valence-electron chi connectivity index (χ1n) is 6.39. The van der Waals surface area contributed by atoms with Crippen LogP contribution in [-0.2, 0) is 0 Å². The van der Waals surface area contributed by atoms with Crippen LogP contribution in [0, 0.1) is 5.92 Å². The van der Waals surface area contributed by atoms with E-state index in [0.717, 1.165) is 5.92 Å². The Morgan fingerprint density at radius 2 is 2.07 bits per heavy atom. The molecule has 1 heterocycles. The molecule has 1 saturated heterocycles. The molecule has 1 N–H and O–H groups in total. The van der Waals surface area contributed by atoms with Crippen LogP contribution in [0.4, 0.5) is 0 Å². The summed E-state index contributed by atoms with van der Waals surface area (Å²) in [6.45, 7) is 7.09. The topological polar surface area (TPSA) is 12.0 Å². The van der Waals surface area contributed by atoms with Crippen molar-refractivity contribution in [1.82, 2.24) is 5.32 Å². The van der Waals surface area contributed by atoms with Crippen molar-refractivity contribution in [3.63, 3.8) is 0 Å². The molecular weight excluding hydrogens is 202 g/mol. The summed E-state index contributed by atoms with van der Waals surface area (Å²) in [6.07, 6.45) is 6.89. The number of hydrogen-bond donors (Lipinski definition) is 1. The van der Waals surface area contributed by atoms with E-state index in [2.05, 4.69) is 44.9 Å². The third-order valence-corrected chi connectivity index (χ3v) is 5.25. The van der Waals surface area contributed by atoms with Gasteiger partial charge in [0, 0.05) is 10.8 Å². The van der Waals surface area contributed by atoms with Crippen LogP contribution in [-0.4, -0.2) is 23.6 Å². The minimum Gasteiger partial charge on any atom is -0.316 e. The van der Waals surface area contributed by atoms with Crippen LogP contribution >= 0.6 is 11.8 Å². The van der Waals surface area contributed by atoms with Crippen molar-refractivity contribution in [3.05, 3.63) is 0 Å². The first kappa shape index (κ1) is 13.4. The lowest BCUT2D eigenvalue weighted by molar-refractivity contribution is 0.380. The summed E-state index contributed by atoms with van der Waals surface area (Å²) in [4.78, 5) is 0. The molecule has 1 aliphatic heterocycles. The molecule has 15 heavy (non-hydrogen) atoms. The molecule has 0 amide bonds. The van der Waals surface area contributed by atoms with Gasteiger partial charge in [0.05, 0.1) is 0 Å². The number of nitrogens with one attached hydrogen (secondary N) is 1. The Morgan fingerprint density at radius 1 is 1.33 bits per heavy atom. The monoisotopic (exact) mass is 229 g/mol. The highest BCUT2D eigenvalue weighted by Gasteiger charge is 2.36. The van der Waals surface area contributed by atoms with Crippen LogP contribution in [0.2, 0.25) is 0 Å². The quantitative estimate of drug-likeness (QED) is 0.745. The van der Waals surface area contributed by atoms with Crippen molar-refractivity contribution < 1.29 is 0 Å². The second-order valence-electron chi connectivity index (χ2n) is 5.43. The van der Waals surface area contributed by atoms with E-state index in [4.69, 9.17) is 0 Å². The average Bonchev–Trinajstić information content (AvgIpc) is 2.60. The lowest BCUT2D eigenvalue weighted by Crippen LogP contribution is -2.43. The van der Waals surface area contributed by atoms with Gasteiger partial charge < -0.3 is 5.32 Å². The molecule has 1 rings (SSSR count). The van der Waals surface area contributed by atoms with E-state index >= 15 is 0 Å². The van der Waals surface area contributed by atoms with Crippen LogP contribution < -0.4 is 5.32 Å². The van der Waals surface area contributed by atoms with E-state index < -0.39 is 0 Å². The summed E-state index contributed by atoms with van der Waals surface area (Å²) in [7, 11) is 2.13. The normalized spacial score (nSPS) is 28.6. The molecule has 2 heteroatoms. The van der Waals surface area contributed by atoms with E-state index in [1.54, 1.807) is 0 Å². The van der Waals surface area contributed by atoms with E-state index in [-0.39, 0.29) is 0 Å². The van der Waals surface area contributed by atoms with Gasteiger partial charge in [0.15, 0.2) is 0 Å². The van der Waals surface area contributed by atoms with Crippen LogP contribution in [0.25, 0.3) is 0 Å². The molecule has 1 nitrogen and oxygen atoms in total. The van der Waals surface area contributed by atoms with Crippen LogP contribution in [0.3, 0.4) is 0 Å². The van der Waals surface area contributed by atoms with Crippen molar-refractivity contribution in [2.45, 2.75) is 63.7 Å². The maximum absolute atomic E-state index is 3.54. The third kappa shape index (κ3) is 3.99. The molecule has 1 fully saturated rings. The predicted molar refractivity (Wildman–Crippen MR) is 71.6 cm³/mol. The summed E-state index contributed by atoms with van der Waals surface area (Å²) in [6, 6.07) is 0.712. The van der Waals surface area contributed by atoms with Gasteiger partial charge in [0.1, 0.15) is 0 Å². The lowest BCUT2D eigenvalue weighted by atomic mass is 9.91. The predicted octanol–water partition coefficient (Wildman–Crippen LogP) is 3.69.